The summed E-state index contributed by atoms with van der Waals surface area (Å²) in [5.74, 6) is 0.428. The number of nitrogens with zero attached hydrogens (tertiary/aromatic N) is 4. The quantitative estimate of drug-likeness (QED) is 0.416. The van der Waals surface area contributed by atoms with Crippen LogP contribution in [0.25, 0.3) is 34.0 Å². The second-order valence-corrected chi connectivity index (χ2v) is 6.88. The van der Waals surface area contributed by atoms with Crippen molar-refractivity contribution in [3.63, 3.8) is 0 Å². The maximum absolute atomic E-state index is 12.6. The summed E-state index contributed by atoms with van der Waals surface area (Å²) in [4.78, 5) is 25.9. The molecule has 2 aromatic rings. The molecule has 0 aromatic heterocycles. The van der Waals surface area contributed by atoms with Crippen LogP contribution in [0.15, 0.2) is 70.6 Å². The van der Waals surface area contributed by atoms with E-state index in [0.717, 1.165) is 16.8 Å². The number of benzene rings is 2. The van der Waals surface area contributed by atoms with Crippen LogP contribution in [0.3, 0.4) is 0 Å². The molecule has 4 rings (SSSR count). The molecule has 0 amide bonds. The Hall–Kier alpha value is -3.03. The highest BCUT2D eigenvalue weighted by Gasteiger charge is 2.24. The van der Waals surface area contributed by atoms with Crippen molar-refractivity contribution < 1.29 is 5.11 Å². The molecule has 6 nitrogen and oxygen atoms in total. The zero-order chi connectivity index (χ0) is 19.5. The third-order valence-electron chi connectivity index (χ3n) is 4.39. The molecule has 2 aromatic carbocycles. The second-order valence-electron chi connectivity index (χ2n) is 6.10. The first-order valence-corrected chi connectivity index (χ1v) is 10.0. The van der Waals surface area contributed by atoms with Gasteiger partial charge in [-0.3, -0.25) is 4.79 Å². The molecule has 0 atom stereocenters. The number of hydrogen-bond donors (Lipinski definition) is 1. The highest BCUT2D eigenvalue weighted by atomic mass is 32.2. The molecule has 2 aliphatic heterocycles. The highest BCUT2D eigenvalue weighted by Crippen LogP contribution is 2.34. The maximum Gasteiger partial charge on any atom is 0.301 e. The summed E-state index contributed by atoms with van der Waals surface area (Å²) in [6, 6.07) is 19.5. The lowest BCUT2D eigenvalue weighted by atomic mass is 10.0. The van der Waals surface area contributed by atoms with Gasteiger partial charge in [0.15, 0.2) is 16.7 Å². The predicted octanol–water partition coefficient (Wildman–Crippen LogP) is 3.19. The fourth-order valence-corrected chi connectivity index (χ4v) is 3.54. The van der Waals surface area contributed by atoms with Crippen molar-refractivity contribution in [2.75, 3.05) is 12.9 Å². The molecule has 0 bridgehead atoms. The molecular weight excluding hydrogens is 372 g/mol. The van der Waals surface area contributed by atoms with Gasteiger partial charge >= 0.3 is 5.56 Å². The third-order valence-corrected chi connectivity index (χ3v) is 4.93. The molecule has 0 saturated carbocycles. The van der Waals surface area contributed by atoms with E-state index in [1.807, 2.05) is 71.5 Å². The van der Waals surface area contributed by atoms with Gasteiger partial charge in [0, 0.05) is 17.7 Å². The summed E-state index contributed by atoms with van der Waals surface area (Å²) < 4.78 is 1.86. The molecule has 0 fully saturated rings. The molecule has 0 aliphatic carbocycles. The Morgan fingerprint density at radius 2 is 1.54 bits per heavy atom. The van der Waals surface area contributed by atoms with E-state index in [-0.39, 0.29) is 18.8 Å². The van der Waals surface area contributed by atoms with Crippen LogP contribution < -0.4 is 5.56 Å². The third kappa shape index (κ3) is 3.30. The number of hydrogen-bond acceptors (Lipinski definition) is 6. The van der Waals surface area contributed by atoms with Crippen LogP contribution in [0.2, 0.25) is 0 Å². The standard InChI is InChI=1S/C21H18N4O2S/c1-28-21-23-19-17(20(27)24-21)22-16(14-8-4-2-5-9-14)18(25(19)12-13-26)15-10-6-3-7-11-15/h2-11,26H,12-13H2,1H3. The van der Waals surface area contributed by atoms with Crippen LogP contribution in [0.1, 0.15) is 0 Å². The normalized spacial score (nSPS) is 11.1. The number of fused-ring (bicyclic) bond motifs is 1. The molecule has 2 aliphatic rings. The average molecular weight is 390 g/mol. The lowest BCUT2D eigenvalue weighted by Gasteiger charge is -2.22. The minimum absolute atomic E-state index is 0.0926. The first-order valence-electron chi connectivity index (χ1n) is 8.81. The van der Waals surface area contributed by atoms with Crippen LogP contribution in [0, 0.1) is 0 Å². The van der Waals surface area contributed by atoms with Gasteiger partial charge in [-0.25, -0.2) is 9.97 Å². The maximum atomic E-state index is 12.6. The molecule has 0 radical (unpaired) electrons. The Labute approximate surface area is 166 Å². The number of rotatable bonds is 5. The SMILES string of the molecule is CSc1nc2n(CCO)c(-c3ccccc3)c(-c3ccccc3)nc-2c(=O)n1. The predicted molar refractivity (Wildman–Crippen MR) is 110 cm³/mol. The minimum Gasteiger partial charge on any atom is -0.395 e. The van der Waals surface area contributed by atoms with Crippen LogP contribution in [-0.2, 0) is 6.54 Å². The molecule has 140 valence electrons. The van der Waals surface area contributed by atoms with E-state index in [9.17, 15) is 9.90 Å². The van der Waals surface area contributed by atoms with E-state index in [4.69, 9.17) is 4.98 Å². The molecule has 0 saturated heterocycles. The zero-order valence-electron chi connectivity index (χ0n) is 15.2. The van der Waals surface area contributed by atoms with E-state index < -0.39 is 5.56 Å². The first kappa shape index (κ1) is 18.3. The van der Waals surface area contributed by atoms with Gasteiger partial charge in [-0.05, 0) is 6.26 Å². The number of aliphatic hydroxyl groups excluding tert-OH is 1. The van der Waals surface area contributed by atoms with Crippen molar-refractivity contribution in [2.24, 2.45) is 0 Å². The lowest BCUT2D eigenvalue weighted by molar-refractivity contribution is 0.276. The average Bonchev–Trinajstić information content (AvgIpc) is 2.75. The largest absolute Gasteiger partial charge is 0.395 e. The molecule has 0 spiro atoms. The van der Waals surface area contributed by atoms with E-state index in [1.165, 1.54) is 11.8 Å². The van der Waals surface area contributed by atoms with Crippen LogP contribution in [0.4, 0.5) is 0 Å². The fourth-order valence-electron chi connectivity index (χ4n) is 3.18. The van der Waals surface area contributed by atoms with Crippen molar-refractivity contribution in [1.82, 2.24) is 19.5 Å². The van der Waals surface area contributed by atoms with Crippen molar-refractivity contribution in [3.05, 3.63) is 71.0 Å². The Kier molecular flexibility index (Phi) is 5.18. The van der Waals surface area contributed by atoms with Crippen molar-refractivity contribution in [1.29, 1.82) is 0 Å². The van der Waals surface area contributed by atoms with Crippen molar-refractivity contribution in [2.45, 2.75) is 11.7 Å². The molecule has 28 heavy (non-hydrogen) atoms. The zero-order valence-corrected chi connectivity index (χ0v) is 16.1. The van der Waals surface area contributed by atoms with Gasteiger partial charge in [0.2, 0.25) is 0 Å². The van der Waals surface area contributed by atoms with Crippen LogP contribution in [0.5, 0.6) is 0 Å². The number of aromatic nitrogens is 4. The summed E-state index contributed by atoms with van der Waals surface area (Å²) in [6.07, 6.45) is 1.82. The molecule has 0 unspecified atom stereocenters. The fraction of sp³-hybridized carbons (Fsp3) is 0.143. The van der Waals surface area contributed by atoms with Crippen LogP contribution >= 0.6 is 11.8 Å². The number of thioether (sulfide) groups is 1. The topological polar surface area (TPSA) is 80.9 Å². The monoisotopic (exact) mass is 390 g/mol. The second kappa shape index (κ2) is 7.92. The summed E-state index contributed by atoms with van der Waals surface area (Å²) in [6.45, 7) is 0.192. The van der Waals surface area contributed by atoms with Crippen LogP contribution in [-0.4, -0.2) is 37.5 Å². The van der Waals surface area contributed by atoms with Gasteiger partial charge in [-0.15, -0.1) is 0 Å². The van der Waals surface area contributed by atoms with Gasteiger partial charge in [-0.2, -0.15) is 4.98 Å². The Balaban J connectivity index is 2.16. The molecule has 7 heteroatoms. The summed E-state index contributed by atoms with van der Waals surface area (Å²) in [5, 5.41) is 10.1. The van der Waals surface area contributed by atoms with E-state index in [1.54, 1.807) is 0 Å². The van der Waals surface area contributed by atoms with Gasteiger partial charge in [0.05, 0.1) is 18.0 Å². The van der Waals surface area contributed by atoms with Crippen molar-refractivity contribution in [3.8, 4) is 34.0 Å². The summed E-state index contributed by atoms with van der Waals surface area (Å²) in [7, 11) is 0. The smallest absolute Gasteiger partial charge is 0.301 e. The number of aliphatic hydroxyl groups is 1. The van der Waals surface area contributed by atoms with E-state index >= 15 is 0 Å². The van der Waals surface area contributed by atoms with E-state index in [0.29, 0.717) is 16.7 Å². The minimum atomic E-state index is -0.419. The van der Waals surface area contributed by atoms with Gasteiger partial charge in [0.1, 0.15) is 0 Å². The molecule has 1 N–H and O–H groups in total. The first-order chi connectivity index (χ1) is 13.7. The van der Waals surface area contributed by atoms with E-state index in [2.05, 4.69) is 9.97 Å². The summed E-state index contributed by atoms with van der Waals surface area (Å²) >= 11 is 1.30. The van der Waals surface area contributed by atoms with Crippen molar-refractivity contribution >= 4 is 11.8 Å². The highest BCUT2D eigenvalue weighted by molar-refractivity contribution is 7.98. The van der Waals surface area contributed by atoms with Gasteiger partial charge in [-0.1, -0.05) is 72.4 Å². The summed E-state index contributed by atoms with van der Waals surface area (Å²) in [5.41, 5.74) is 3.05. The Morgan fingerprint density at radius 1 is 0.893 bits per heavy atom. The Bertz CT molecular complexity index is 1130. The van der Waals surface area contributed by atoms with Gasteiger partial charge < -0.3 is 9.67 Å². The lowest BCUT2D eigenvalue weighted by Crippen LogP contribution is -2.23. The molecule has 2 heterocycles. The Morgan fingerprint density at radius 3 is 2.14 bits per heavy atom. The van der Waals surface area contributed by atoms with Gasteiger partial charge in [0.25, 0.3) is 0 Å². The molecular formula is C21H18N4O2S.